The number of hydrogen-bond donors (Lipinski definition) is 0. The van der Waals surface area contributed by atoms with Crippen LogP contribution in [0.3, 0.4) is 0 Å². The topological polar surface area (TPSA) is 75.6 Å². The summed E-state index contributed by atoms with van der Waals surface area (Å²) >= 11 is 0. The molecular weight excluding hydrogens is 440 g/mol. The first kappa shape index (κ1) is 23.0. The molecule has 5 rings (SSSR count). The third kappa shape index (κ3) is 4.76. The zero-order valence-corrected chi connectivity index (χ0v) is 20.4. The lowest BCUT2D eigenvalue weighted by Gasteiger charge is -2.36. The second-order valence-electron chi connectivity index (χ2n) is 9.54. The van der Waals surface area contributed by atoms with E-state index in [1.165, 1.54) is 0 Å². The van der Waals surface area contributed by atoms with Gasteiger partial charge >= 0.3 is 5.97 Å². The van der Waals surface area contributed by atoms with E-state index >= 15 is 0 Å². The van der Waals surface area contributed by atoms with Crippen LogP contribution in [0.5, 0.6) is 0 Å². The number of carbonyl (C=O) groups excluding carboxylic acids is 2. The Kier molecular flexibility index (Phi) is 6.24. The Morgan fingerprint density at radius 1 is 1.00 bits per heavy atom. The number of rotatable bonds is 4. The van der Waals surface area contributed by atoms with Crippen molar-refractivity contribution in [2.24, 2.45) is 0 Å². The van der Waals surface area contributed by atoms with Crippen molar-refractivity contribution in [2.75, 3.05) is 31.1 Å². The van der Waals surface area contributed by atoms with Crippen molar-refractivity contribution < 1.29 is 14.3 Å². The zero-order chi connectivity index (χ0) is 24.5. The average molecular weight is 471 g/mol. The van der Waals surface area contributed by atoms with Gasteiger partial charge in [0.2, 0.25) is 0 Å². The van der Waals surface area contributed by atoms with Crippen molar-refractivity contribution >= 4 is 17.7 Å². The van der Waals surface area contributed by atoms with E-state index in [4.69, 9.17) is 9.72 Å². The molecule has 2 aromatic carbocycles. The van der Waals surface area contributed by atoms with Gasteiger partial charge in [0, 0.05) is 55.8 Å². The van der Waals surface area contributed by atoms with Crippen molar-refractivity contribution in [3.05, 3.63) is 88.4 Å². The second-order valence-corrected chi connectivity index (χ2v) is 9.54. The molecule has 0 aliphatic carbocycles. The Hall–Kier alpha value is -3.74. The van der Waals surface area contributed by atoms with Gasteiger partial charge in [-0.3, -0.25) is 4.79 Å². The number of aryl methyl sites for hydroxylation is 1. The Balaban J connectivity index is 1.29. The standard InChI is InChI=1S/C28H30N4O3/c1-18(2)26-29-19(3)15-25(30-26)31-11-13-32(14-12-31)27(33)21-9-10-23-22(16-21)17-24(35-28(23)34)20-7-5-4-6-8-20/h4-10,15-16,18,24H,11-14,17H2,1-3H3/t24-/m0/s1. The van der Waals surface area contributed by atoms with Gasteiger partial charge in [0.1, 0.15) is 17.7 Å². The van der Waals surface area contributed by atoms with Gasteiger partial charge in [0.15, 0.2) is 0 Å². The van der Waals surface area contributed by atoms with E-state index in [2.05, 4.69) is 23.7 Å². The number of aromatic nitrogens is 2. The van der Waals surface area contributed by atoms with Crippen LogP contribution in [0.15, 0.2) is 54.6 Å². The van der Waals surface area contributed by atoms with E-state index in [0.717, 1.165) is 28.5 Å². The van der Waals surface area contributed by atoms with Gasteiger partial charge in [-0.15, -0.1) is 0 Å². The number of carbonyl (C=O) groups is 2. The minimum atomic E-state index is -0.339. The van der Waals surface area contributed by atoms with E-state index in [-0.39, 0.29) is 23.9 Å². The van der Waals surface area contributed by atoms with Crippen molar-refractivity contribution in [2.45, 2.75) is 39.2 Å². The summed E-state index contributed by atoms with van der Waals surface area (Å²) in [7, 11) is 0. The van der Waals surface area contributed by atoms with Gasteiger partial charge in [0.05, 0.1) is 5.56 Å². The number of piperazine rings is 1. The van der Waals surface area contributed by atoms with Crippen LogP contribution in [0, 0.1) is 6.92 Å². The fourth-order valence-corrected chi connectivity index (χ4v) is 4.70. The normalized spacial score (nSPS) is 17.8. The maximum Gasteiger partial charge on any atom is 0.339 e. The third-order valence-corrected chi connectivity index (χ3v) is 6.66. The van der Waals surface area contributed by atoms with Crippen LogP contribution in [0.2, 0.25) is 0 Å². The maximum atomic E-state index is 13.3. The molecule has 35 heavy (non-hydrogen) atoms. The van der Waals surface area contributed by atoms with Gasteiger partial charge in [-0.1, -0.05) is 44.2 Å². The summed E-state index contributed by atoms with van der Waals surface area (Å²) in [5.74, 6) is 1.68. The van der Waals surface area contributed by atoms with Crippen molar-refractivity contribution in [3.63, 3.8) is 0 Å². The van der Waals surface area contributed by atoms with Crippen molar-refractivity contribution in [3.8, 4) is 0 Å². The first-order valence-electron chi connectivity index (χ1n) is 12.2. The van der Waals surface area contributed by atoms with E-state index < -0.39 is 0 Å². The molecule has 3 aromatic rings. The minimum absolute atomic E-state index is 0.00982. The molecule has 1 saturated heterocycles. The lowest BCUT2D eigenvalue weighted by atomic mass is 9.93. The van der Waals surface area contributed by atoms with E-state index in [0.29, 0.717) is 43.7 Å². The molecular formula is C28H30N4O3. The van der Waals surface area contributed by atoms with Crippen LogP contribution in [-0.4, -0.2) is 52.9 Å². The van der Waals surface area contributed by atoms with Crippen molar-refractivity contribution in [1.82, 2.24) is 14.9 Å². The fourth-order valence-electron chi connectivity index (χ4n) is 4.70. The molecule has 1 amide bonds. The molecule has 7 heteroatoms. The molecule has 1 fully saturated rings. The summed E-state index contributed by atoms with van der Waals surface area (Å²) in [5, 5.41) is 0. The first-order valence-corrected chi connectivity index (χ1v) is 12.2. The number of nitrogens with zero attached hydrogens (tertiary/aromatic N) is 4. The molecule has 0 bridgehead atoms. The van der Waals surface area contributed by atoms with Gasteiger partial charge < -0.3 is 14.5 Å². The van der Waals surface area contributed by atoms with Crippen LogP contribution < -0.4 is 4.90 Å². The molecule has 3 heterocycles. The third-order valence-electron chi connectivity index (χ3n) is 6.66. The number of anilines is 1. The molecule has 0 saturated carbocycles. The summed E-state index contributed by atoms with van der Waals surface area (Å²) in [6.07, 6.45) is 0.225. The molecule has 2 aliphatic heterocycles. The quantitative estimate of drug-likeness (QED) is 0.529. The van der Waals surface area contributed by atoms with Crippen LogP contribution >= 0.6 is 0 Å². The predicted molar refractivity (Wildman–Crippen MR) is 134 cm³/mol. The van der Waals surface area contributed by atoms with Gasteiger partial charge in [-0.05, 0) is 36.2 Å². The SMILES string of the molecule is Cc1cc(N2CCN(C(=O)c3ccc4c(c3)C[C@@H](c3ccccc3)OC4=O)CC2)nc(C(C)C)n1. The number of hydrogen-bond acceptors (Lipinski definition) is 6. The average Bonchev–Trinajstić information content (AvgIpc) is 2.88. The Bertz CT molecular complexity index is 1250. The summed E-state index contributed by atoms with van der Waals surface area (Å²) in [4.78, 5) is 39.3. The summed E-state index contributed by atoms with van der Waals surface area (Å²) in [6, 6.07) is 17.1. The molecule has 1 aromatic heterocycles. The highest BCUT2D eigenvalue weighted by Crippen LogP contribution is 2.31. The summed E-state index contributed by atoms with van der Waals surface area (Å²) in [5.41, 5.74) is 3.92. The summed E-state index contributed by atoms with van der Waals surface area (Å²) < 4.78 is 5.65. The zero-order valence-electron chi connectivity index (χ0n) is 20.4. The predicted octanol–water partition coefficient (Wildman–Crippen LogP) is 4.33. The smallest absolute Gasteiger partial charge is 0.339 e. The van der Waals surface area contributed by atoms with Crippen LogP contribution in [0.25, 0.3) is 0 Å². The monoisotopic (exact) mass is 470 g/mol. The van der Waals surface area contributed by atoms with Crippen molar-refractivity contribution in [1.29, 1.82) is 0 Å². The number of cyclic esters (lactones) is 1. The number of esters is 1. The van der Waals surface area contributed by atoms with Crippen LogP contribution in [-0.2, 0) is 11.2 Å². The Morgan fingerprint density at radius 2 is 1.74 bits per heavy atom. The van der Waals surface area contributed by atoms with Gasteiger partial charge in [0.25, 0.3) is 5.91 Å². The molecule has 7 nitrogen and oxygen atoms in total. The van der Waals surface area contributed by atoms with Gasteiger partial charge in [-0.2, -0.15) is 0 Å². The molecule has 0 unspecified atom stereocenters. The molecule has 2 aliphatic rings. The molecule has 1 atom stereocenters. The summed E-state index contributed by atoms with van der Waals surface area (Å²) in [6.45, 7) is 8.84. The van der Waals surface area contributed by atoms with E-state index in [1.54, 1.807) is 12.1 Å². The number of ether oxygens (including phenoxy) is 1. The fraction of sp³-hybridized carbons (Fsp3) is 0.357. The Morgan fingerprint density at radius 3 is 2.46 bits per heavy atom. The first-order chi connectivity index (χ1) is 16.9. The van der Waals surface area contributed by atoms with Crippen LogP contribution in [0.1, 0.15) is 69.2 Å². The Labute approximate surface area is 205 Å². The molecule has 0 N–H and O–H groups in total. The highest BCUT2D eigenvalue weighted by Gasteiger charge is 2.29. The number of amides is 1. The molecule has 0 radical (unpaired) electrons. The highest BCUT2D eigenvalue weighted by molar-refractivity contribution is 5.98. The highest BCUT2D eigenvalue weighted by atomic mass is 16.5. The van der Waals surface area contributed by atoms with Gasteiger partial charge in [-0.25, -0.2) is 14.8 Å². The van der Waals surface area contributed by atoms with E-state index in [1.807, 2.05) is 54.3 Å². The number of benzene rings is 2. The maximum absolute atomic E-state index is 13.3. The minimum Gasteiger partial charge on any atom is -0.454 e. The van der Waals surface area contributed by atoms with Crippen LogP contribution in [0.4, 0.5) is 5.82 Å². The largest absolute Gasteiger partial charge is 0.454 e. The van der Waals surface area contributed by atoms with E-state index in [9.17, 15) is 9.59 Å². The molecule has 180 valence electrons. The second kappa shape index (κ2) is 9.49. The lowest BCUT2D eigenvalue weighted by Crippen LogP contribution is -2.49. The lowest BCUT2D eigenvalue weighted by molar-refractivity contribution is 0.0252. The number of fused-ring (bicyclic) bond motifs is 1. The molecule has 0 spiro atoms.